The number of rotatable bonds is 5. The second-order valence-electron chi connectivity index (χ2n) is 5.72. The molecule has 4 N–H and O–H groups in total. The lowest BCUT2D eigenvalue weighted by Gasteiger charge is -2.35. The molecule has 1 rings (SSSR count). The number of carbonyl (C=O) groups excluding carboxylic acids is 1. The fraction of sp³-hybridized carbons (Fsp3) is 0.923. The highest BCUT2D eigenvalue weighted by molar-refractivity contribution is 5.78. The molecule has 1 atom stereocenters. The Hall–Kier alpha value is -0.610. The minimum absolute atomic E-state index is 0.0344. The third-order valence-corrected chi connectivity index (χ3v) is 3.93. The second kappa shape index (κ2) is 5.83. The molecular weight excluding hydrogens is 216 g/mol. The van der Waals surface area contributed by atoms with Gasteiger partial charge in [0.05, 0.1) is 12.1 Å². The number of nitrogens with one attached hydrogen (secondary N) is 1. The van der Waals surface area contributed by atoms with E-state index in [2.05, 4.69) is 5.32 Å². The van der Waals surface area contributed by atoms with E-state index in [0.717, 1.165) is 25.7 Å². The third kappa shape index (κ3) is 4.28. The van der Waals surface area contributed by atoms with Gasteiger partial charge in [-0.05, 0) is 26.2 Å². The van der Waals surface area contributed by atoms with E-state index in [1.807, 2.05) is 13.8 Å². The van der Waals surface area contributed by atoms with Crippen molar-refractivity contribution >= 4 is 5.91 Å². The number of carbonyl (C=O) groups is 1. The SMILES string of the molecule is CCC(C)(CO)NC(=O)CC1(N)CCCCC1. The lowest BCUT2D eigenvalue weighted by Crippen LogP contribution is -2.52. The molecule has 1 saturated carbocycles. The molecule has 1 unspecified atom stereocenters. The van der Waals surface area contributed by atoms with Crippen LogP contribution in [0.4, 0.5) is 0 Å². The normalized spacial score (nSPS) is 22.8. The van der Waals surface area contributed by atoms with Gasteiger partial charge in [-0.15, -0.1) is 0 Å². The van der Waals surface area contributed by atoms with Crippen LogP contribution in [0.15, 0.2) is 0 Å². The van der Waals surface area contributed by atoms with Gasteiger partial charge in [0, 0.05) is 12.0 Å². The molecule has 17 heavy (non-hydrogen) atoms. The summed E-state index contributed by atoms with van der Waals surface area (Å²) >= 11 is 0. The predicted octanol–water partition coefficient (Wildman–Crippen LogP) is 1.32. The quantitative estimate of drug-likeness (QED) is 0.680. The Kier molecular flexibility index (Phi) is 4.95. The van der Waals surface area contributed by atoms with Crippen LogP contribution in [-0.2, 0) is 4.79 Å². The fourth-order valence-electron chi connectivity index (χ4n) is 2.37. The summed E-state index contributed by atoms with van der Waals surface area (Å²) in [5.74, 6) is -0.0344. The molecule has 0 aromatic rings. The standard InChI is InChI=1S/C13H26N2O2/c1-3-12(2,10-16)15-11(17)9-13(14)7-5-4-6-8-13/h16H,3-10,14H2,1-2H3,(H,15,17). The summed E-state index contributed by atoms with van der Waals surface area (Å²) in [5, 5.41) is 12.2. The van der Waals surface area contributed by atoms with Crippen molar-refractivity contribution < 1.29 is 9.90 Å². The molecular formula is C13H26N2O2. The first-order valence-electron chi connectivity index (χ1n) is 6.64. The Bertz CT molecular complexity index is 256. The number of nitrogens with two attached hydrogens (primary N) is 1. The number of amides is 1. The maximum absolute atomic E-state index is 11.9. The van der Waals surface area contributed by atoms with Gasteiger partial charge in [0.2, 0.25) is 5.91 Å². The van der Waals surface area contributed by atoms with Crippen LogP contribution in [0.1, 0.15) is 58.8 Å². The van der Waals surface area contributed by atoms with Crippen LogP contribution >= 0.6 is 0 Å². The van der Waals surface area contributed by atoms with Gasteiger partial charge in [-0.2, -0.15) is 0 Å². The van der Waals surface area contributed by atoms with Crippen molar-refractivity contribution in [2.75, 3.05) is 6.61 Å². The maximum Gasteiger partial charge on any atom is 0.222 e. The predicted molar refractivity (Wildman–Crippen MR) is 68.5 cm³/mol. The van der Waals surface area contributed by atoms with Gasteiger partial charge in [-0.1, -0.05) is 26.2 Å². The Morgan fingerprint density at radius 3 is 2.47 bits per heavy atom. The van der Waals surface area contributed by atoms with E-state index in [-0.39, 0.29) is 18.1 Å². The fourth-order valence-corrected chi connectivity index (χ4v) is 2.37. The largest absolute Gasteiger partial charge is 0.394 e. The highest BCUT2D eigenvalue weighted by Crippen LogP contribution is 2.28. The molecule has 100 valence electrons. The zero-order chi connectivity index (χ0) is 12.9. The van der Waals surface area contributed by atoms with Gasteiger partial charge in [0.15, 0.2) is 0 Å². The molecule has 1 amide bonds. The van der Waals surface area contributed by atoms with Crippen LogP contribution in [0, 0.1) is 0 Å². The first-order chi connectivity index (χ1) is 7.93. The minimum Gasteiger partial charge on any atom is -0.394 e. The number of hydrogen-bond donors (Lipinski definition) is 3. The van der Waals surface area contributed by atoms with Gasteiger partial charge < -0.3 is 16.2 Å². The van der Waals surface area contributed by atoms with Gasteiger partial charge in [-0.3, -0.25) is 4.79 Å². The Balaban J connectivity index is 2.48. The maximum atomic E-state index is 11.9. The summed E-state index contributed by atoms with van der Waals surface area (Å²) in [7, 11) is 0. The van der Waals surface area contributed by atoms with Crippen LogP contribution < -0.4 is 11.1 Å². The molecule has 0 saturated heterocycles. The van der Waals surface area contributed by atoms with Crippen molar-refractivity contribution in [3.63, 3.8) is 0 Å². The van der Waals surface area contributed by atoms with E-state index >= 15 is 0 Å². The van der Waals surface area contributed by atoms with Crippen molar-refractivity contribution in [1.29, 1.82) is 0 Å². The van der Waals surface area contributed by atoms with Gasteiger partial charge in [0.1, 0.15) is 0 Å². The first kappa shape index (κ1) is 14.5. The molecule has 1 aliphatic carbocycles. The zero-order valence-electron chi connectivity index (χ0n) is 11.1. The van der Waals surface area contributed by atoms with E-state index < -0.39 is 5.54 Å². The summed E-state index contributed by atoms with van der Waals surface area (Å²) in [6.45, 7) is 3.77. The topological polar surface area (TPSA) is 75.3 Å². The van der Waals surface area contributed by atoms with E-state index in [1.165, 1.54) is 6.42 Å². The molecule has 0 aliphatic heterocycles. The summed E-state index contributed by atoms with van der Waals surface area (Å²) in [4.78, 5) is 11.9. The molecule has 1 fully saturated rings. The van der Waals surface area contributed by atoms with Crippen molar-refractivity contribution in [2.24, 2.45) is 5.73 Å². The van der Waals surface area contributed by atoms with Crippen LogP contribution in [-0.4, -0.2) is 28.7 Å². The van der Waals surface area contributed by atoms with Crippen LogP contribution in [0.3, 0.4) is 0 Å². The third-order valence-electron chi connectivity index (χ3n) is 3.93. The zero-order valence-corrected chi connectivity index (χ0v) is 11.1. The second-order valence-corrected chi connectivity index (χ2v) is 5.72. The summed E-state index contributed by atoms with van der Waals surface area (Å²) in [5.41, 5.74) is 5.40. The van der Waals surface area contributed by atoms with Crippen LogP contribution in [0.25, 0.3) is 0 Å². The van der Waals surface area contributed by atoms with Crippen molar-refractivity contribution in [3.05, 3.63) is 0 Å². The average Bonchev–Trinajstić information content (AvgIpc) is 2.29. The number of hydrogen-bond acceptors (Lipinski definition) is 3. The molecule has 0 radical (unpaired) electrons. The molecule has 0 heterocycles. The van der Waals surface area contributed by atoms with Gasteiger partial charge >= 0.3 is 0 Å². The molecule has 0 spiro atoms. The van der Waals surface area contributed by atoms with E-state index in [9.17, 15) is 9.90 Å². The molecule has 4 heteroatoms. The average molecular weight is 242 g/mol. The summed E-state index contributed by atoms with van der Waals surface area (Å²) in [6.07, 6.45) is 6.42. The highest BCUT2D eigenvalue weighted by atomic mass is 16.3. The van der Waals surface area contributed by atoms with Gasteiger partial charge in [0.25, 0.3) is 0 Å². The summed E-state index contributed by atoms with van der Waals surface area (Å²) in [6, 6.07) is 0. The first-order valence-corrected chi connectivity index (χ1v) is 6.64. The van der Waals surface area contributed by atoms with E-state index in [4.69, 9.17) is 5.73 Å². The lowest BCUT2D eigenvalue weighted by atomic mass is 9.80. The molecule has 0 aromatic carbocycles. The van der Waals surface area contributed by atoms with Crippen LogP contribution in [0.2, 0.25) is 0 Å². The van der Waals surface area contributed by atoms with Crippen molar-refractivity contribution in [3.8, 4) is 0 Å². The van der Waals surface area contributed by atoms with E-state index in [0.29, 0.717) is 12.8 Å². The monoisotopic (exact) mass is 242 g/mol. The Morgan fingerprint density at radius 2 is 2.00 bits per heavy atom. The smallest absolute Gasteiger partial charge is 0.222 e. The summed E-state index contributed by atoms with van der Waals surface area (Å²) < 4.78 is 0. The van der Waals surface area contributed by atoms with Gasteiger partial charge in [-0.25, -0.2) is 0 Å². The van der Waals surface area contributed by atoms with Crippen molar-refractivity contribution in [2.45, 2.75) is 69.9 Å². The number of aliphatic hydroxyl groups excluding tert-OH is 1. The minimum atomic E-state index is -0.512. The molecule has 0 aromatic heterocycles. The molecule has 1 aliphatic rings. The highest BCUT2D eigenvalue weighted by Gasteiger charge is 2.32. The molecule has 4 nitrogen and oxygen atoms in total. The van der Waals surface area contributed by atoms with E-state index in [1.54, 1.807) is 0 Å². The number of aliphatic hydroxyl groups is 1. The molecule has 0 bridgehead atoms. The Labute approximate surface area is 104 Å². The Morgan fingerprint density at radius 1 is 1.41 bits per heavy atom. The van der Waals surface area contributed by atoms with Crippen molar-refractivity contribution in [1.82, 2.24) is 5.32 Å². The van der Waals surface area contributed by atoms with Crippen LogP contribution in [0.5, 0.6) is 0 Å². The lowest BCUT2D eigenvalue weighted by molar-refractivity contribution is -0.125.